The first-order valence-corrected chi connectivity index (χ1v) is 6.35. The number of nitrogens with zero attached hydrogens (tertiary/aromatic N) is 1. The predicted octanol–water partition coefficient (Wildman–Crippen LogP) is 2.18. The lowest BCUT2D eigenvalue weighted by molar-refractivity contribution is 0.101. The molecule has 1 amide bonds. The summed E-state index contributed by atoms with van der Waals surface area (Å²) in [5.74, 6) is -0.263. The normalized spacial score (nSPS) is 14.3. The first-order valence-electron chi connectivity index (χ1n) is 6.35. The molecule has 1 aromatic carbocycles. The van der Waals surface area contributed by atoms with Crippen molar-refractivity contribution < 1.29 is 9.32 Å². The van der Waals surface area contributed by atoms with E-state index >= 15 is 0 Å². The van der Waals surface area contributed by atoms with Gasteiger partial charge in [-0.25, -0.2) is 0 Å². The Morgan fingerprint density at radius 2 is 2.26 bits per heavy atom. The second kappa shape index (κ2) is 5.24. The summed E-state index contributed by atoms with van der Waals surface area (Å²) in [4.78, 5) is 11.8. The first-order chi connectivity index (χ1) is 9.31. The fraction of sp³-hybridized carbons (Fsp3) is 0.286. The molecule has 1 aliphatic carbocycles. The predicted molar refractivity (Wildman–Crippen MR) is 70.8 cm³/mol. The van der Waals surface area contributed by atoms with Crippen molar-refractivity contribution >= 4 is 11.6 Å². The minimum absolute atomic E-state index is 0.263. The maximum Gasteiger partial charge on any atom is 0.277 e. The highest BCUT2D eigenvalue weighted by Crippen LogP contribution is 2.20. The molecule has 0 spiro atoms. The quantitative estimate of drug-likeness (QED) is 0.861. The van der Waals surface area contributed by atoms with Crippen LogP contribution in [0.1, 0.15) is 28.9 Å². The van der Waals surface area contributed by atoms with Gasteiger partial charge >= 0.3 is 0 Å². The van der Waals surface area contributed by atoms with Crippen molar-refractivity contribution in [1.82, 2.24) is 10.5 Å². The Labute approximate surface area is 111 Å². The van der Waals surface area contributed by atoms with Gasteiger partial charge in [-0.2, -0.15) is 0 Å². The number of aromatic nitrogens is 1. The summed E-state index contributed by atoms with van der Waals surface area (Å²) >= 11 is 0. The third kappa shape index (κ3) is 3.20. The lowest BCUT2D eigenvalue weighted by Crippen LogP contribution is -2.16. The summed E-state index contributed by atoms with van der Waals surface area (Å²) in [6.07, 6.45) is 3.91. The van der Waals surface area contributed by atoms with E-state index in [1.54, 1.807) is 0 Å². The van der Waals surface area contributed by atoms with Gasteiger partial charge in [0.1, 0.15) is 6.26 Å². The van der Waals surface area contributed by atoms with Crippen LogP contribution in [-0.2, 0) is 6.54 Å². The van der Waals surface area contributed by atoms with Crippen molar-refractivity contribution in [1.29, 1.82) is 0 Å². The molecule has 5 nitrogen and oxygen atoms in total. The number of carbonyl (C=O) groups excluding carboxylic acids is 1. The van der Waals surface area contributed by atoms with Crippen molar-refractivity contribution in [3.05, 3.63) is 47.9 Å². The molecule has 0 aliphatic heterocycles. The van der Waals surface area contributed by atoms with E-state index < -0.39 is 0 Å². The zero-order chi connectivity index (χ0) is 13.1. The zero-order valence-corrected chi connectivity index (χ0v) is 10.4. The summed E-state index contributed by atoms with van der Waals surface area (Å²) < 4.78 is 4.65. The highest BCUT2D eigenvalue weighted by Gasteiger charge is 2.19. The Morgan fingerprint density at radius 1 is 1.37 bits per heavy atom. The maximum absolute atomic E-state index is 11.8. The maximum atomic E-state index is 11.8. The average molecular weight is 257 g/mol. The van der Waals surface area contributed by atoms with Gasteiger partial charge in [0.15, 0.2) is 5.69 Å². The number of rotatable bonds is 5. The van der Waals surface area contributed by atoms with E-state index in [0.717, 1.165) is 17.8 Å². The zero-order valence-electron chi connectivity index (χ0n) is 10.4. The molecule has 0 bridgehead atoms. The number of benzene rings is 1. The van der Waals surface area contributed by atoms with Gasteiger partial charge in [0, 0.05) is 24.3 Å². The van der Waals surface area contributed by atoms with Crippen molar-refractivity contribution in [3.63, 3.8) is 0 Å². The van der Waals surface area contributed by atoms with Gasteiger partial charge < -0.3 is 15.2 Å². The van der Waals surface area contributed by atoms with E-state index in [0.29, 0.717) is 6.04 Å². The van der Waals surface area contributed by atoms with E-state index in [2.05, 4.69) is 20.3 Å². The molecule has 98 valence electrons. The lowest BCUT2D eigenvalue weighted by Gasteiger charge is -2.07. The van der Waals surface area contributed by atoms with Crippen LogP contribution in [0.15, 0.2) is 41.1 Å². The van der Waals surface area contributed by atoms with Crippen LogP contribution in [0.4, 0.5) is 5.69 Å². The van der Waals surface area contributed by atoms with E-state index in [4.69, 9.17) is 0 Å². The molecular weight excluding hydrogens is 242 g/mol. The van der Waals surface area contributed by atoms with Crippen LogP contribution in [-0.4, -0.2) is 17.1 Å². The second-order valence-electron chi connectivity index (χ2n) is 4.69. The van der Waals surface area contributed by atoms with Gasteiger partial charge in [0.25, 0.3) is 5.91 Å². The first kappa shape index (κ1) is 11.9. The number of nitrogens with one attached hydrogen (secondary N) is 2. The molecule has 3 rings (SSSR count). The number of anilines is 1. The fourth-order valence-corrected chi connectivity index (χ4v) is 1.83. The van der Waals surface area contributed by atoms with Gasteiger partial charge in [-0.1, -0.05) is 17.3 Å². The third-order valence-corrected chi connectivity index (χ3v) is 3.03. The molecule has 1 heterocycles. The molecule has 0 saturated heterocycles. The van der Waals surface area contributed by atoms with Crippen molar-refractivity contribution in [2.75, 3.05) is 5.32 Å². The van der Waals surface area contributed by atoms with Crippen LogP contribution >= 0.6 is 0 Å². The highest BCUT2D eigenvalue weighted by atomic mass is 16.5. The number of amides is 1. The van der Waals surface area contributed by atoms with Crippen LogP contribution < -0.4 is 10.6 Å². The van der Waals surface area contributed by atoms with Crippen molar-refractivity contribution in [2.24, 2.45) is 0 Å². The summed E-state index contributed by atoms with van der Waals surface area (Å²) in [7, 11) is 0. The standard InChI is InChI=1S/C14H15N3O2/c18-14(13-6-7-19-17-13)16-12-3-1-2-10(8-12)9-15-11-4-5-11/h1-3,6-8,11,15H,4-5,9H2,(H,16,18). The van der Waals surface area contributed by atoms with Gasteiger partial charge in [-0.3, -0.25) is 4.79 Å². The van der Waals surface area contributed by atoms with Crippen LogP contribution in [0.2, 0.25) is 0 Å². The van der Waals surface area contributed by atoms with Crippen molar-refractivity contribution in [2.45, 2.75) is 25.4 Å². The van der Waals surface area contributed by atoms with Gasteiger partial charge in [-0.05, 0) is 30.5 Å². The number of hydrogen-bond acceptors (Lipinski definition) is 4. The van der Waals surface area contributed by atoms with Crippen LogP contribution in [0, 0.1) is 0 Å². The Balaban J connectivity index is 1.63. The molecule has 1 aromatic heterocycles. The molecule has 1 saturated carbocycles. The largest absolute Gasteiger partial charge is 0.364 e. The highest BCUT2D eigenvalue weighted by molar-refractivity contribution is 6.02. The Morgan fingerprint density at radius 3 is 3.00 bits per heavy atom. The SMILES string of the molecule is O=C(Nc1cccc(CNC2CC2)c1)c1ccon1. The molecule has 0 unspecified atom stereocenters. The van der Waals surface area contributed by atoms with Crippen molar-refractivity contribution in [3.8, 4) is 0 Å². The molecule has 19 heavy (non-hydrogen) atoms. The van der Waals surface area contributed by atoms with E-state index in [1.165, 1.54) is 25.2 Å². The van der Waals surface area contributed by atoms with E-state index in [-0.39, 0.29) is 11.6 Å². The van der Waals surface area contributed by atoms with Gasteiger partial charge in [0.2, 0.25) is 0 Å². The number of carbonyl (C=O) groups is 1. The second-order valence-corrected chi connectivity index (χ2v) is 4.69. The Hall–Kier alpha value is -2.14. The van der Waals surface area contributed by atoms with Crippen LogP contribution in [0.25, 0.3) is 0 Å². The topological polar surface area (TPSA) is 67.2 Å². The molecule has 0 radical (unpaired) electrons. The summed E-state index contributed by atoms with van der Waals surface area (Å²) in [6.45, 7) is 0.832. The molecule has 5 heteroatoms. The third-order valence-electron chi connectivity index (χ3n) is 3.03. The fourth-order valence-electron chi connectivity index (χ4n) is 1.83. The smallest absolute Gasteiger partial charge is 0.277 e. The van der Waals surface area contributed by atoms with Gasteiger partial charge in [-0.15, -0.1) is 0 Å². The molecule has 1 aliphatic rings. The van der Waals surface area contributed by atoms with E-state index in [1.807, 2.05) is 24.3 Å². The molecule has 2 aromatic rings. The summed E-state index contributed by atoms with van der Waals surface area (Å²) in [6, 6.07) is 10.0. The molecule has 1 fully saturated rings. The summed E-state index contributed by atoms with van der Waals surface area (Å²) in [5.41, 5.74) is 2.20. The lowest BCUT2D eigenvalue weighted by atomic mass is 10.2. The summed E-state index contributed by atoms with van der Waals surface area (Å²) in [5, 5.41) is 9.84. The van der Waals surface area contributed by atoms with Crippen LogP contribution in [0.5, 0.6) is 0 Å². The minimum Gasteiger partial charge on any atom is -0.364 e. The Kier molecular flexibility index (Phi) is 3.29. The number of hydrogen-bond donors (Lipinski definition) is 2. The molecular formula is C14H15N3O2. The van der Waals surface area contributed by atoms with E-state index in [9.17, 15) is 4.79 Å². The average Bonchev–Trinajstić information content (AvgIpc) is 3.08. The molecule has 0 atom stereocenters. The Bertz CT molecular complexity index is 562. The molecule has 2 N–H and O–H groups in total. The van der Waals surface area contributed by atoms with Gasteiger partial charge in [0.05, 0.1) is 0 Å². The minimum atomic E-state index is -0.263. The monoisotopic (exact) mass is 257 g/mol. The van der Waals surface area contributed by atoms with Crippen LogP contribution in [0.3, 0.4) is 0 Å².